The Bertz CT molecular complexity index is 561. The Morgan fingerprint density at radius 1 is 1.52 bits per heavy atom. The zero-order valence-electron chi connectivity index (χ0n) is 12.6. The Morgan fingerprint density at radius 3 is 2.95 bits per heavy atom. The van der Waals surface area contributed by atoms with Crippen molar-refractivity contribution in [3.05, 3.63) is 10.4 Å². The number of hydrogen-bond acceptors (Lipinski definition) is 5. The summed E-state index contributed by atoms with van der Waals surface area (Å²) in [6.45, 7) is 6.52. The van der Waals surface area contributed by atoms with Crippen LogP contribution in [0.2, 0.25) is 0 Å². The number of nitrogens with zero attached hydrogens (tertiary/aromatic N) is 2. The highest BCUT2D eigenvalue weighted by molar-refractivity contribution is 7.19. The first kappa shape index (κ1) is 15.6. The molecule has 21 heavy (non-hydrogen) atoms. The summed E-state index contributed by atoms with van der Waals surface area (Å²) in [6.07, 6.45) is 3.43. The van der Waals surface area contributed by atoms with Gasteiger partial charge in [-0.1, -0.05) is 6.92 Å². The van der Waals surface area contributed by atoms with Crippen molar-refractivity contribution in [2.24, 2.45) is 5.92 Å². The number of carbonyl (C=O) groups is 1. The van der Waals surface area contributed by atoms with Crippen molar-refractivity contribution < 1.29 is 4.79 Å². The lowest BCUT2D eigenvalue weighted by molar-refractivity contribution is 0.0960. The molecule has 1 atom stereocenters. The third-order valence-electron chi connectivity index (χ3n) is 3.89. The molecule has 1 aliphatic rings. The van der Waals surface area contributed by atoms with Gasteiger partial charge >= 0.3 is 0 Å². The smallest absolute Gasteiger partial charge is 0.263 e. The lowest BCUT2D eigenvalue weighted by atomic mass is 10.0. The first-order valence-electron chi connectivity index (χ1n) is 7.44. The lowest BCUT2D eigenvalue weighted by Crippen LogP contribution is -2.24. The molecule has 114 valence electrons. The minimum absolute atomic E-state index is 0.189. The minimum Gasteiger partial charge on any atom is -0.396 e. The normalized spacial score (nSPS) is 18.9. The van der Waals surface area contributed by atoms with E-state index in [0.29, 0.717) is 28.6 Å². The number of nitrogen functional groups attached to an aromatic ring is 1. The Labute approximate surface area is 129 Å². The molecule has 1 aromatic rings. The molecular formula is C15H22N4OS. The van der Waals surface area contributed by atoms with E-state index in [1.54, 1.807) is 0 Å². The van der Waals surface area contributed by atoms with Crippen molar-refractivity contribution in [2.75, 3.05) is 30.3 Å². The van der Waals surface area contributed by atoms with Gasteiger partial charge in [0.2, 0.25) is 0 Å². The quantitative estimate of drug-likeness (QED) is 0.899. The average Bonchev–Trinajstić information content (AvgIpc) is 2.63. The van der Waals surface area contributed by atoms with Crippen LogP contribution >= 0.6 is 11.3 Å². The van der Waals surface area contributed by atoms with E-state index in [1.807, 2.05) is 6.92 Å². The van der Waals surface area contributed by atoms with Gasteiger partial charge in [0.05, 0.1) is 5.69 Å². The van der Waals surface area contributed by atoms with Gasteiger partial charge in [0.1, 0.15) is 21.5 Å². The largest absolute Gasteiger partial charge is 0.396 e. The number of nitrogens with two attached hydrogens (primary N) is 1. The maximum absolute atomic E-state index is 12.0. The Hall–Kier alpha value is -1.74. The molecule has 2 heterocycles. The number of rotatable bonds is 3. The molecule has 0 aromatic carbocycles. The second-order valence-corrected chi connectivity index (χ2v) is 6.52. The van der Waals surface area contributed by atoms with Crippen LogP contribution in [0.25, 0.3) is 0 Å². The maximum Gasteiger partial charge on any atom is 0.263 e. The van der Waals surface area contributed by atoms with Gasteiger partial charge in [-0.2, -0.15) is 5.26 Å². The summed E-state index contributed by atoms with van der Waals surface area (Å²) in [7, 11) is 0. The topological polar surface area (TPSA) is 82.2 Å². The molecule has 0 bridgehead atoms. The summed E-state index contributed by atoms with van der Waals surface area (Å²) in [5.74, 6) is 0.520. The van der Waals surface area contributed by atoms with E-state index in [0.717, 1.165) is 30.9 Å². The second-order valence-electron chi connectivity index (χ2n) is 5.52. The number of carbonyl (C=O) groups excluding carboxylic acids is 1. The molecule has 3 N–H and O–H groups in total. The van der Waals surface area contributed by atoms with E-state index < -0.39 is 0 Å². The monoisotopic (exact) mass is 306 g/mol. The molecule has 0 spiro atoms. The van der Waals surface area contributed by atoms with E-state index in [1.165, 1.54) is 17.8 Å². The molecule has 5 nitrogen and oxygen atoms in total. The summed E-state index contributed by atoms with van der Waals surface area (Å²) in [4.78, 5) is 14.7. The Morgan fingerprint density at radius 2 is 2.29 bits per heavy atom. The van der Waals surface area contributed by atoms with E-state index in [-0.39, 0.29) is 5.91 Å². The van der Waals surface area contributed by atoms with Crippen molar-refractivity contribution in [1.29, 1.82) is 5.26 Å². The van der Waals surface area contributed by atoms with Crippen molar-refractivity contribution in [3.8, 4) is 6.07 Å². The van der Waals surface area contributed by atoms with Crippen LogP contribution in [0.5, 0.6) is 0 Å². The summed E-state index contributed by atoms with van der Waals surface area (Å²) < 4.78 is 0. The van der Waals surface area contributed by atoms with Crippen molar-refractivity contribution in [3.63, 3.8) is 0 Å². The number of amides is 1. The van der Waals surface area contributed by atoms with Gasteiger partial charge in [-0.15, -0.1) is 11.3 Å². The van der Waals surface area contributed by atoms with Gasteiger partial charge in [-0.3, -0.25) is 4.79 Å². The van der Waals surface area contributed by atoms with Crippen LogP contribution in [0.4, 0.5) is 10.7 Å². The molecule has 1 unspecified atom stereocenters. The molecule has 1 saturated heterocycles. The maximum atomic E-state index is 12.0. The highest BCUT2D eigenvalue weighted by atomic mass is 32.1. The highest BCUT2D eigenvalue weighted by Crippen LogP contribution is 2.39. The number of nitriles is 1. The van der Waals surface area contributed by atoms with Gasteiger partial charge in [-0.25, -0.2) is 0 Å². The fourth-order valence-electron chi connectivity index (χ4n) is 2.64. The molecular weight excluding hydrogens is 284 g/mol. The predicted octanol–water partition coefficient (Wildman–Crippen LogP) is 2.58. The molecule has 6 heteroatoms. The van der Waals surface area contributed by atoms with Crippen LogP contribution in [-0.4, -0.2) is 25.5 Å². The standard InChI is InChI=1S/C15H22N4OS/c1-3-18-14(20)13-12(17)11(9-16)15(21-13)19-7-4-5-10(2)6-8-19/h10H,3-8,17H2,1-2H3,(H,18,20). The predicted molar refractivity (Wildman–Crippen MR) is 86.7 cm³/mol. The number of anilines is 2. The highest BCUT2D eigenvalue weighted by Gasteiger charge is 2.25. The number of hydrogen-bond donors (Lipinski definition) is 2. The van der Waals surface area contributed by atoms with Crippen LogP contribution in [-0.2, 0) is 0 Å². The number of thiophene rings is 1. The summed E-state index contributed by atoms with van der Waals surface area (Å²) >= 11 is 1.34. The molecule has 0 saturated carbocycles. The first-order chi connectivity index (χ1) is 10.1. The van der Waals surface area contributed by atoms with Crippen LogP contribution in [0, 0.1) is 17.2 Å². The minimum atomic E-state index is -0.189. The SMILES string of the molecule is CCNC(=O)c1sc(N2CCCC(C)CC2)c(C#N)c1N. The van der Waals surface area contributed by atoms with E-state index in [4.69, 9.17) is 5.73 Å². The summed E-state index contributed by atoms with van der Waals surface area (Å²) in [5, 5.41) is 13.0. The molecule has 2 rings (SSSR count). The van der Waals surface area contributed by atoms with Crippen molar-refractivity contribution in [1.82, 2.24) is 5.32 Å². The fraction of sp³-hybridized carbons (Fsp3) is 0.600. The molecule has 1 amide bonds. The number of nitrogens with one attached hydrogen (secondary N) is 1. The third-order valence-corrected chi connectivity index (χ3v) is 5.15. The van der Waals surface area contributed by atoms with Gasteiger partial charge in [0.15, 0.2) is 0 Å². The molecule has 1 aromatic heterocycles. The van der Waals surface area contributed by atoms with Crippen LogP contribution in [0.3, 0.4) is 0 Å². The molecule has 0 radical (unpaired) electrons. The van der Waals surface area contributed by atoms with Gasteiger partial charge in [0, 0.05) is 19.6 Å². The Kier molecular flexibility index (Phi) is 5.07. The van der Waals surface area contributed by atoms with Gasteiger partial charge in [-0.05, 0) is 32.1 Å². The van der Waals surface area contributed by atoms with Gasteiger partial charge < -0.3 is 16.0 Å². The molecule has 0 aliphatic carbocycles. The van der Waals surface area contributed by atoms with E-state index in [9.17, 15) is 10.1 Å². The Balaban J connectivity index is 2.33. The van der Waals surface area contributed by atoms with Crippen molar-refractivity contribution >= 4 is 27.9 Å². The molecule has 1 aliphatic heterocycles. The average molecular weight is 306 g/mol. The van der Waals surface area contributed by atoms with Crippen molar-refractivity contribution in [2.45, 2.75) is 33.1 Å². The lowest BCUT2D eigenvalue weighted by Gasteiger charge is -2.21. The fourth-order valence-corrected chi connectivity index (χ4v) is 3.78. The third kappa shape index (κ3) is 3.30. The summed E-state index contributed by atoms with van der Waals surface area (Å²) in [5.41, 5.74) is 6.79. The van der Waals surface area contributed by atoms with Crippen LogP contribution in [0.15, 0.2) is 0 Å². The zero-order valence-corrected chi connectivity index (χ0v) is 13.4. The first-order valence-corrected chi connectivity index (χ1v) is 8.25. The van der Waals surface area contributed by atoms with E-state index >= 15 is 0 Å². The molecule has 1 fully saturated rings. The summed E-state index contributed by atoms with van der Waals surface area (Å²) in [6, 6.07) is 2.17. The van der Waals surface area contributed by atoms with Crippen LogP contribution < -0.4 is 16.0 Å². The van der Waals surface area contributed by atoms with Crippen LogP contribution in [0.1, 0.15) is 48.3 Å². The van der Waals surface area contributed by atoms with Gasteiger partial charge in [0.25, 0.3) is 5.91 Å². The van der Waals surface area contributed by atoms with E-state index in [2.05, 4.69) is 23.2 Å². The zero-order chi connectivity index (χ0) is 15.4. The second kappa shape index (κ2) is 6.81.